The monoisotopic (exact) mass is 467 g/mol. The average Bonchev–Trinajstić information content (AvgIpc) is 3.52. The summed E-state index contributed by atoms with van der Waals surface area (Å²) in [6.07, 6.45) is -0.219. The first-order valence-corrected chi connectivity index (χ1v) is 10.4. The summed E-state index contributed by atoms with van der Waals surface area (Å²) in [5.41, 5.74) is -1.80. The Morgan fingerprint density at radius 2 is 1.42 bits per heavy atom. The first-order valence-electron chi connectivity index (χ1n) is 8.93. The van der Waals surface area contributed by atoms with Crippen LogP contribution in [-0.4, -0.2) is 30.8 Å². The van der Waals surface area contributed by atoms with Crippen LogP contribution in [0.5, 0.6) is 0 Å². The molecular weight excluding hydrogens is 452 g/mol. The quantitative estimate of drug-likeness (QED) is 0.269. The molecule has 168 valence electrons. The van der Waals surface area contributed by atoms with Crippen LogP contribution in [-0.2, 0) is 26.1 Å². The summed E-state index contributed by atoms with van der Waals surface area (Å²) in [6, 6.07) is 4.25. The second-order valence-corrected chi connectivity index (χ2v) is 8.59. The largest absolute Gasteiger partial charge is 0.465 e. The molecular formula is C19H15F6NO4S. The summed E-state index contributed by atoms with van der Waals surface area (Å²) in [5.74, 6) is -14.2. The van der Waals surface area contributed by atoms with Crippen LogP contribution < -0.4 is 0 Å². The number of ether oxygens (including phenoxy) is 1. The Hall–Kier alpha value is -2.60. The second kappa shape index (κ2) is 8.15. The van der Waals surface area contributed by atoms with Gasteiger partial charge in [-0.2, -0.15) is 4.31 Å². The molecule has 0 saturated heterocycles. The van der Waals surface area contributed by atoms with Crippen LogP contribution in [0, 0.1) is 34.9 Å². The van der Waals surface area contributed by atoms with Crippen molar-refractivity contribution in [3.05, 3.63) is 64.7 Å². The number of nitrogens with zero attached hydrogens (tertiary/aromatic N) is 1. The standard InChI is InChI=1S/C19H15F6NO4S/c1-2-30-18(27)19(7-8-19)26(9-10-3-5-11(20)6-4-10)31(28,29)17-15(24)13(22)12(21)14(23)16(17)25/h3-6H,2,7-9H2,1H3. The summed E-state index contributed by atoms with van der Waals surface area (Å²) in [5, 5.41) is 0. The van der Waals surface area contributed by atoms with E-state index in [4.69, 9.17) is 4.74 Å². The van der Waals surface area contributed by atoms with Crippen molar-refractivity contribution >= 4 is 16.0 Å². The Bertz CT molecular complexity index is 1100. The number of carbonyl (C=O) groups excluding carboxylic acids is 1. The third-order valence-corrected chi connectivity index (χ3v) is 6.75. The number of sulfonamides is 1. The molecule has 2 aromatic carbocycles. The Morgan fingerprint density at radius 3 is 1.87 bits per heavy atom. The third-order valence-electron chi connectivity index (χ3n) is 4.81. The Kier molecular flexibility index (Phi) is 6.07. The highest BCUT2D eigenvalue weighted by molar-refractivity contribution is 7.89. The molecule has 0 unspecified atom stereocenters. The lowest BCUT2D eigenvalue weighted by atomic mass is 10.2. The minimum absolute atomic E-state index is 0.101. The van der Waals surface area contributed by atoms with E-state index < -0.39 is 67.9 Å². The number of halogens is 6. The predicted octanol–water partition coefficient (Wildman–Crippen LogP) is 3.81. The number of hydrogen-bond donors (Lipinski definition) is 0. The van der Waals surface area contributed by atoms with Gasteiger partial charge in [0.25, 0.3) is 10.0 Å². The molecule has 1 saturated carbocycles. The molecule has 12 heteroatoms. The van der Waals surface area contributed by atoms with E-state index in [1.54, 1.807) is 0 Å². The van der Waals surface area contributed by atoms with Crippen LogP contribution >= 0.6 is 0 Å². The minimum Gasteiger partial charge on any atom is -0.465 e. The molecule has 0 radical (unpaired) electrons. The Labute approximate surface area is 173 Å². The SMILES string of the molecule is CCOC(=O)C1(N(Cc2ccc(F)cc2)S(=O)(=O)c2c(F)c(F)c(F)c(F)c2F)CC1. The van der Waals surface area contributed by atoms with E-state index in [0.29, 0.717) is 4.31 Å². The summed E-state index contributed by atoms with van der Waals surface area (Å²) in [6.45, 7) is 0.589. The second-order valence-electron chi connectivity index (χ2n) is 6.79. The van der Waals surface area contributed by atoms with Gasteiger partial charge in [0.2, 0.25) is 5.82 Å². The van der Waals surface area contributed by atoms with Crippen LogP contribution in [0.1, 0.15) is 25.3 Å². The van der Waals surface area contributed by atoms with Crippen LogP contribution in [0.3, 0.4) is 0 Å². The van der Waals surface area contributed by atoms with Crippen LogP contribution in [0.15, 0.2) is 29.2 Å². The van der Waals surface area contributed by atoms with Crippen molar-refractivity contribution in [1.29, 1.82) is 0 Å². The smallest absolute Gasteiger partial charge is 0.327 e. The van der Waals surface area contributed by atoms with E-state index >= 15 is 0 Å². The highest BCUT2D eigenvalue weighted by Gasteiger charge is 2.61. The number of hydrogen-bond acceptors (Lipinski definition) is 4. The van der Waals surface area contributed by atoms with Crippen molar-refractivity contribution in [2.75, 3.05) is 6.61 Å². The molecule has 0 atom stereocenters. The van der Waals surface area contributed by atoms with Crippen molar-refractivity contribution in [2.24, 2.45) is 0 Å². The van der Waals surface area contributed by atoms with Crippen LogP contribution in [0.4, 0.5) is 26.3 Å². The molecule has 3 rings (SSSR count). The van der Waals surface area contributed by atoms with E-state index in [1.807, 2.05) is 0 Å². The van der Waals surface area contributed by atoms with Gasteiger partial charge in [-0.05, 0) is 37.5 Å². The zero-order valence-corrected chi connectivity index (χ0v) is 16.7. The zero-order valence-electron chi connectivity index (χ0n) is 15.9. The van der Waals surface area contributed by atoms with E-state index in [-0.39, 0.29) is 25.0 Å². The lowest BCUT2D eigenvalue weighted by Gasteiger charge is -2.30. The van der Waals surface area contributed by atoms with Crippen molar-refractivity contribution < 1.29 is 44.3 Å². The fourth-order valence-electron chi connectivity index (χ4n) is 3.08. The molecule has 0 bridgehead atoms. The van der Waals surface area contributed by atoms with Gasteiger partial charge in [-0.3, -0.25) is 4.79 Å². The van der Waals surface area contributed by atoms with Crippen LogP contribution in [0.25, 0.3) is 0 Å². The molecule has 2 aromatic rings. The van der Waals surface area contributed by atoms with E-state index in [2.05, 4.69) is 0 Å². The van der Waals surface area contributed by atoms with Gasteiger partial charge >= 0.3 is 5.97 Å². The van der Waals surface area contributed by atoms with Gasteiger partial charge in [0, 0.05) is 6.54 Å². The van der Waals surface area contributed by atoms with Crippen molar-refractivity contribution in [2.45, 2.75) is 36.7 Å². The minimum atomic E-state index is -5.45. The molecule has 0 N–H and O–H groups in total. The van der Waals surface area contributed by atoms with Crippen molar-refractivity contribution in [3.8, 4) is 0 Å². The molecule has 0 aliphatic heterocycles. The fourth-order valence-corrected chi connectivity index (χ4v) is 4.97. The number of benzene rings is 2. The summed E-state index contributed by atoms with van der Waals surface area (Å²) in [7, 11) is -5.45. The summed E-state index contributed by atoms with van der Waals surface area (Å²) in [4.78, 5) is 10.4. The summed E-state index contributed by atoms with van der Waals surface area (Å²) < 4.78 is 114. The number of carbonyl (C=O) groups is 1. The third kappa shape index (κ3) is 3.89. The van der Waals surface area contributed by atoms with E-state index in [1.165, 1.54) is 6.92 Å². The molecule has 0 heterocycles. The van der Waals surface area contributed by atoms with Gasteiger partial charge in [-0.1, -0.05) is 12.1 Å². The predicted molar refractivity (Wildman–Crippen MR) is 94.0 cm³/mol. The van der Waals surface area contributed by atoms with Gasteiger partial charge in [0.1, 0.15) is 11.4 Å². The maximum atomic E-state index is 14.3. The molecule has 1 fully saturated rings. The van der Waals surface area contributed by atoms with Crippen molar-refractivity contribution in [1.82, 2.24) is 4.31 Å². The van der Waals surface area contributed by atoms with Gasteiger partial charge in [-0.25, -0.2) is 34.8 Å². The van der Waals surface area contributed by atoms with Crippen LogP contribution in [0.2, 0.25) is 0 Å². The molecule has 31 heavy (non-hydrogen) atoms. The maximum absolute atomic E-state index is 14.3. The summed E-state index contributed by atoms with van der Waals surface area (Å²) >= 11 is 0. The molecule has 0 aromatic heterocycles. The molecule has 1 aliphatic rings. The maximum Gasteiger partial charge on any atom is 0.327 e. The highest BCUT2D eigenvalue weighted by atomic mass is 32.2. The van der Waals surface area contributed by atoms with E-state index in [0.717, 1.165) is 24.3 Å². The number of rotatable bonds is 7. The fraction of sp³-hybridized carbons (Fsp3) is 0.316. The first-order chi connectivity index (χ1) is 14.5. The zero-order chi connectivity index (χ0) is 23.1. The average molecular weight is 467 g/mol. The lowest BCUT2D eigenvalue weighted by Crippen LogP contribution is -2.48. The van der Waals surface area contributed by atoms with Gasteiger partial charge in [0.05, 0.1) is 6.61 Å². The van der Waals surface area contributed by atoms with Gasteiger partial charge in [0.15, 0.2) is 28.2 Å². The molecule has 1 aliphatic carbocycles. The van der Waals surface area contributed by atoms with E-state index in [9.17, 15) is 39.6 Å². The number of esters is 1. The molecule has 5 nitrogen and oxygen atoms in total. The Balaban J connectivity index is 2.20. The van der Waals surface area contributed by atoms with Gasteiger partial charge in [-0.15, -0.1) is 0 Å². The van der Waals surface area contributed by atoms with Crippen molar-refractivity contribution in [3.63, 3.8) is 0 Å². The molecule has 0 spiro atoms. The highest BCUT2D eigenvalue weighted by Crippen LogP contribution is 2.47. The first kappa shape index (κ1) is 23.1. The Morgan fingerprint density at radius 1 is 0.935 bits per heavy atom. The topological polar surface area (TPSA) is 63.7 Å². The lowest BCUT2D eigenvalue weighted by molar-refractivity contribution is -0.149. The van der Waals surface area contributed by atoms with Gasteiger partial charge < -0.3 is 4.74 Å². The molecule has 0 amide bonds. The normalized spacial score (nSPS) is 15.2.